The molecule has 2 atom stereocenters. The zero-order valence-corrected chi connectivity index (χ0v) is 8.04. The molecule has 0 aliphatic carbocycles. The minimum absolute atomic E-state index is 0.0795. The molecule has 0 bridgehead atoms. The van der Waals surface area contributed by atoms with E-state index >= 15 is 0 Å². The predicted molar refractivity (Wildman–Crippen MR) is 43.5 cm³/mol. The maximum absolute atomic E-state index is 11.8. The summed E-state index contributed by atoms with van der Waals surface area (Å²) in [6.07, 6.45) is -0.511. The Morgan fingerprint density at radius 1 is 1.69 bits per heavy atom. The molecule has 78 valence electrons. The largest absolute Gasteiger partial charge is 0.481 e. The standard InChI is InChI=1S/C6H12FO5P/c1-2-12-13(10,11)5(3-4-7)6(8)9/h5H,2-4H2,1H3,(H,8,9)(H,10,11). The van der Waals surface area contributed by atoms with Crippen molar-refractivity contribution in [2.75, 3.05) is 13.3 Å². The van der Waals surface area contributed by atoms with Crippen molar-refractivity contribution >= 4 is 13.6 Å². The Balaban J connectivity index is 4.52. The number of alkyl halides is 1. The average molecular weight is 214 g/mol. The van der Waals surface area contributed by atoms with E-state index in [0.29, 0.717) is 0 Å². The summed E-state index contributed by atoms with van der Waals surface area (Å²) in [6.45, 7) is 0.412. The normalized spacial score (nSPS) is 17.8. The van der Waals surface area contributed by atoms with Gasteiger partial charge < -0.3 is 14.5 Å². The molecule has 0 amide bonds. The molecule has 0 radical (unpaired) electrons. The van der Waals surface area contributed by atoms with Crippen molar-refractivity contribution in [1.29, 1.82) is 0 Å². The maximum Gasteiger partial charge on any atom is 0.342 e. The molecule has 0 aromatic heterocycles. The zero-order chi connectivity index (χ0) is 10.5. The van der Waals surface area contributed by atoms with Gasteiger partial charge in [-0.1, -0.05) is 0 Å². The molecule has 0 aliphatic rings. The first-order valence-corrected chi connectivity index (χ1v) is 5.36. The minimum Gasteiger partial charge on any atom is -0.481 e. The third kappa shape index (κ3) is 3.85. The van der Waals surface area contributed by atoms with Crippen molar-refractivity contribution in [3.63, 3.8) is 0 Å². The van der Waals surface area contributed by atoms with E-state index in [1.165, 1.54) is 6.92 Å². The third-order valence-corrected chi connectivity index (χ3v) is 3.27. The van der Waals surface area contributed by atoms with Crippen LogP contribution in [0.2, 0.25) is 0 Å². The number of hydrogen-bond acceptors (Lipinski definition) is 3. The summed E-state index contributed by atoms with van der Waals surface area (Å²) in [5.41, 5.74) is -1.67. The minimum atomic E-state index is -4.21. The van der Waals surface area contributed by atoms with Crippen molar-refractivity contribution in [3.8, 4) is 0 Å². The van der Waals surface area contributed by atoms with Crippen LogP contribution < -0.4 is 0 Å². The highest BCUT2D eigenvalue weighted by Gasteiger charge is 2.37. The fraction of sp³-hybridized carbons (Fsp3) is 0.833. The van der Waals surface area contributed by atoms with Crippen LogP contribution in [0.3, 0.4) is 0 Å². The number of hydrogen-bond donors (Lipinski definition) is 2. The number of carbonyl (C=O) groups is 1. The number of halogens is 1. The molecule has 0 saturated carbocycles. The van der Waals surface area contributed by atoms with Crippen LogP contribution in [0.15, 0.2) is 0 Å². The lowest BCUT2D eigenvalue weighted by Gasteiger charge is -2.16. The van der Waals surface area contributed by atoms with Crippen molar-refractivity contribution in [2.24, 2.45) is 0 Å². The first-order valence-electron chi connectivity index (χ1n) is 3.71. The molecular formula is C6H12FO5P. The molecule has 7 heteroatoms. The highest BCUT2D eigenvalue weighted by Crippen LogP contribution is 2.48. The van der Waals surface area contributed by atoms with Gasteiger partial charge in [0.15, 0.2) is 5.66 Å². The van der Waals surface area contributed by atoms with E-state index in [-0.39, 0.29) is 6.61 Å². The van der Waals surface area contributed by atoms with Crippen molar-refractivity contribution < 1.29 is 28.3 Å². The number of rotatable bonds is 6. The molecule has 0 aliphatic heterocycles. The van der Waals surface area contributed by atoms with Crippen LogP contribution in [-0.4, -0.2) is 34.9 Å². The molecule has 13 heavy (non-hydrogen) atoms. The highest BCUT2D eigenvalue weighted by atomic mass is 31.2. The molecule has 2 N–H and O–H groups in total. The summed E-state index contributed by atoms with van der Waals surface area (Å²) in [4.78, 5) is 19.5. The lowest BCUT2D eigenvalue weighted by atomic mass is 10.3. The second kappa shape index (κ2) is 5.32. The Kier molecular flexibility index (Phi) is 5.13. The molecular weight excluding hydrogens is 202 g/mol. The van der Waals surface area contributed by atoms with Gasteiger partial charge in [0.25, 0.3) is 0 Å². The molecule has 0 heterocycles. The molecule has 0 aromatic rings. The maximum atomic E-state index is 11.8. The van der Waals surface area contributed by atoms with Crippen LogP contribution in [0.1, 0.15) is 13.3 Å². The summed E-state index contributed by atoms with van der Waals surface area (Å²) >= 11 is 0. The summed E-state index contributed by atoms with van der Waals surface area (Å²) in [7, 11) is -4.21. The van der Waals surface area contributed by atoms with Gasteiger partial charge in [0.05, 0.1) is 13.3 Å². The van der Waals surface area contributed by atoms with E-state index < -0.39 is 32.3 Å². The summed E-state index contributed by atoms with van der Waals surface area (Å²) in [5, 5.41) is 8.49. The van der Waals surface area contributed by atoms with E-state index in [9.17, 15) is 13.8 Å². The quantitative estimate of drug-likeness (QED) is 0.645. The van der Waals surface area contributed by atoms with Gasteiger partial charge in [-0.2, -0.15) is 0 Å². The lowest BCUT2D eigenvalue weighted by Crippen LogP contribution is -2.22. The molecule has 5 nitrogen and oxygen atoms in total. The number of carboxylic acids is 1. The zero-order valence-electron chi connectivity index (χ0n) is 7.14. The number of carboxylic acid groups (broad SMARTS) is 1. The average Bonchev–Trinajstić information content (AvgIpc) is 1.99. The van der Waals surface area contributed by atoms with E-state index in [1.54, 1.807) is 0 Å². The second-order valence-electron chi connectivity index (χ2n) is 2.31. The first-order chi connectivity index (χ1) is 5.95. The lowest BCUT2D eigenvalue weighted by molar-refractivity contribution is -0.137. The SMILES string of the molecule is CCOP(=O)(O)C(CCF)C(=O)O. The Bertz CT molecular complexity index is 219. The van der Waals surface area contributed by atoms with Crippen molar-refractivity contribution in [1.82, 2.24) is 0 Å². The molecule has 0 rings (SSSR count). The number of aliphatic carboxylic acids is 1. The van der Waals surface area contributed by atoms with Crippen LogP contribution in [0.25, 0.3) is 0 Å². The Morgan fingerprint density at radius 2 is 2.23 bits per heavy atom. The van der Waals surface area contributed by atoms with Gasteiger partial charge in [-0.05, 0) is 6.92 Å². The fourth-order valence-corrected chi connectivity index (χ4v) is 2.06. The smallest absolute Gasteiger partial charge is 0.342 e. The third-order valence-electron chi connectivity index (χ3n) is 1.38. The van der Waals surface area contributed by atoms with Crippen molar-refractivity contribution in [2.45, 2.75) is 19.0 Å². The van der Waals surface area contributed by atoms with E-state index in [2.05, 4.69) is 4.52 Å². The van der Waals surface area contributed by atoms with Gasteiger partial charge in [0, 0.05) is 6.42 Å². The van der Waals surface area contributed by atoms with E-state index in [4.69, 9.17) is 10.00 Å². The summed E-state index contributed by atoms with van der Waals surface area (Å²) in [6, 6.07) is 0. The van der Waals surface area contributed by atoms with Crippen LogP contribution in [0.4, 0.5) is 4.39 Å². The second-order valence-corrected chi connectivity index (χ2v) is 4.32. The van der Waals surface area contributed by atoms with E-state index in [0.717, 1.165) is 0 Å². The first kappa shape index (κ1) is 12.6. The molecule has 0 aromatic carbocycles. The Morgan fingerprint density at radius 3 is 2.54 bits per heavy atom. The summed E-state index contributed by atoms with van der Waals surface area (Å²) in [5.74, 6) is -1.52. The van der Waals surface area contributed by atoms with Gasteiger partial charge in [0.2, 0.25) is 0 Å². The topological polar surface area (TPSA) is 83.8 Å². The highest BCUT2D eigenvalue weighted by molar-refractivity contribution is 7.54. The van der Waals surface area contributed by atoms with Gasteiger partial charge in [-0.15, -0.1) is 0 Å². The fourth-order valence-electron chi connectivity index (χ4n) is 0.804. The molecule has 2 unspecified atom stereocenters. The van der Waals surface area contributed by atoms with Gasteiger partial charge in [-0.25, -0.2) is 0 Å². The Labute approximate surface area is 75.1 Å². The molecule has 0 fully saturated rings. The van der Waals surface area contributed by atoms with Gasteiger partial charge in [-0.3, -0.25) is 13.8 Å². The van der Waals surface area contributed by atoms with Crippen LogP contribution in [0, 0.1) is 0 Å². The van der Waals surface area contributed by atoms with Crippen molar-refractivity contribution in [3.05, 3.63) is 0 Å². The van der Waals surface area contributed by atoms with Gasteiger partial charge in [0.1, 0.15) is 0 Å². The Hall–Kier alpha value is -0.450. The van der Waals surface area contributed by atoms with Crippen LogP contribution >= 0.6 is 7.60 Å². The summed E-state index contributed by atoms with van der Waals surface area (Å²) < 4.78 is 27.3. The monoisotopic (exact) mass is 214 g/mol. The molecule has 0 spiro atoms. The van der Waals surface area contributed by atoms with E-state index in [1.807, 2.05) is 0 Å². The van der Waals surface area contributed by atoms with Crippen LogP contribution in [-0.2, 0) is 13.9 Å². The van der Waals surface area contributed by atoms with Crippen LogP contribution in [0.5, 0.6) is 0 Å². The predicted octanol–water partition coefficient (Wildman–Crippen LogP) is 1.02. The van der Waals surface area contributed by atoms with Gasteiger partial charge >= 0.3 is 13.6 Å². The molecule has 0 saturated heterocycles.